The molecule has 6 heteroatoms. The highest BCUT2D eigenvalue weighted by molar-refractivity contribution is 7.90. The van der Waals surface area contributed by atoms with Crippen molar-refractivity contribution < 1.29 is 8.42 Å². The Hall–Kier alpha value is 0.300. The van der Waals surface area contributed by atoms with E-state index in [4.69, 9.17) is 0 Å². The Morgan fingerprint density at radius 3 is 2.20 bits per heavy atom. The Kier molecular flexibility index (Phi) is 1.80. The molecule has 1 aliphatic rings. The first-order valence-corrected chi connectivity index (χ1v) is 4.85. The molecule has 1 heterocycles. The summed E-state index contributed by atoms with van der Waals surface area (Å²) in [6.45, 7) is 4.18. The third-order valence-corrected chi connectivity index (χ3v) is 3.84. The molecule has 0 saturated carbocycles. The third kappa shape index (κ3) is 1.48. The minimum absolute atomic E-state index is 0.333. The first kappa shape index (κ1) is 8.40. The minimum Gasteiger partial charge on any atom is -0.195 e. The molecule has 1 fully saturated rings. The lowest BCUT2D eigenvalue weighted by molar-refractivity contribution is 0.473. The van der Waals surface area contributed by atoms with Crippen molar-refractivity contribution >= 4 is 19.6 Å². The van der Waals surface area contributed by atoms with Crippen molar-refractivity contribution in [3.05, 3.63) is 0 Å². The molecule has 1 saturated heterocycles. The van der Waals surface area contributed by atoms with Gasteiger partial charge in [-0.1, -0.05) is 0 Å². The largest absolute Gasteiger partial charge is 0.282 e. The summed E-state index contributed by atoms with van der Waals surface area (Å²) in [5.41, 5.74) is -0.333. The van der Waals surface area contributed by atoms with E-state index in [1.807, 2.05) is 13.8 Å². The minimum atomic E-state index is -3.19. The molecule has 0 radical (unpaired) electrons. The molecule has 1 atom stereocenters. The van der Waals surface area contributed by atoms with Crippen LogP contribution in [0.5, 0.6) is 0 Å². The van der Waals surface area contributed by atoms with Gasteiger partial charge >= 0.3 is 0 Å². The highest BCUT2D eigenvalue weighted by Gasteiger charge is 2.37. The van der Waals surface area contributed by atoms with Crippen LogP contribution in [0.4, 0.5) is 0 Å². The maximum absolute atomic E-state index is 11.0. The number of rotatable bonds is 0. The average molecular weight is 182 g/mol. The molecule has 0 amide bonds. The molecule has 1 N–H and O–H groups in total. The zero-order valence-corrected chi connectivity index (χ0v) is 7.93. The second-order valence-electron chi connectivity index (χ2n) is 3.04. The molecule has 1 rings (SSSR count). The maximum Gasteiger partial charge on any atom is 0.282 e. The molecule has 10 heavy (non-hydrogen) atoms. The zero-order chi connectivity index (χ0) is 7.99. The molecule has 0 aromatic carbocycles. The van der Waals surface area contributed by atoms with Gasteiger partial charge in [-0.2, -0.15) is 17.2 Å². The van der Waals surface area contributed by atoms with Crippen molar-refractivity contribution in [2.24, 2.45) is 0 Å². The lowest BCUT2D eigenvalue weighted by Crippen LogP contribution is -2.36. The Morgan fingerprint density at radius 1 is 1.60 bits per heavy atom. The van der Waals surface area contributed by atoms with Gasteiger partial charge < -0.3 is 0 Å². The van der Waals surface area contributed by atoms with Crippen LogP contribution in [0.1, 0.15) is 13.8 Å². The fourth-order valence-corrected chi connectivity index (χ4v) is 2.90. The molecule has 0 spiro atoms. The fraction of sp³-hybridized carbons (Fsp3) is 1.00. The van der Waals surface area contributed by atoms with Crippen LogP contribution in [0.25, 0.3) is 0 Å². The van der Waals surface area contributed by atoms with Crippen LogP contribution in [-0.2, 0) is 10.2 Å². The maximum atomic E-state index is 11.0. The van der Waals surface area contributed by atoms with Crippen molar-refractivity contribution in [1.82, 2.24) is 8.80 Å². The number of nitrogens with one attached hydrogen (secondary N) is 1. The summed E-state index contributed by atoms with van der Waals surface area (Å²) in [6.07, 6.45) is 0. The van der Waals surface area contributed by atoms with Crippen LogP contribution in [0.2, 0.25) is 0 Å². The quantitative estimate of drug-likeness (QED) is 0.523. The molecule has 0 aromatic heterocycles. The molecule has 0 aliphatic carbocycles. The highest BCUT2D eigenvalue weighted by Crippen LogP contribution is 2.21. The van der Waals surface area contributed by atoms with E-state index in [9.17, 15) is 8.42 Å². The van der Waals surface area contributed by atoms with Crippen molar-refractivity contribution in [2.75, 3.05) is 6.54 Å². The van der Waals surface area contributed by atoms with E-state index in [0.29, 0.717) is 6.54 Å². The van der Waals surface area contributed by atoms with E-state index in [1.54, 1.807) is 0 Å². The van der Waals surface area contributed by atoms with Gasteiger partial charge in [-0.25, -0.2) is 0 Å². The van der Waals surface area contributed by atoms with Gasteiger partial charge in [-0.05, 0) is 23.2 Å². The second kappa shape index (κ2) is 2.14. The smallest absolute Gasteiger partial charge is 0.195 e. The molecular formula is C4H11N2O2PS. The number of nitrogens with zero attached hydrogens (tertiary/aromatic N) is 1. The molecule has 0 bridgehead atoms. The SMILES string of the molecule is CC1(C)CN(P)S(=O)(=O)N1. The first-order valence-electron chi connectivity index (χ1n) is 2.90. The van der Waals surface area contributed by atoms with Crippen LogP contribution in [-0.4, -0.2) is 24.6 Å². The van der Waals surface area contributed by atoms with Crippen molar-refractivity contribution in [3.63, 3.8) is 0 Å². The van der Waals surface area contributed by atoms with Crippen molar-refractivity contribution in [2.45, 2.75) is 19.4 Å². The van der Waals surface area contributed by atoms with Gasteiger partial charge in [-0.15, -0.1) is 0 Å². The monoisotopic (exact) mass is 182 g/mol. The Morgan fingerprint density at radius 2 is 2.10 bits per heavy atom. The number of hydrogen-bond acceptors (Lipinski definition) is 2. The second-order valence-corrected chi connectivity index (χ2v) is 5.66. The number of hydrogen-bond donors (Lipinski definition) is 1. The molecule has 0 aromatic rings. The first-order chi connectivity index (χ1) is 4.33. The van der Waals surface area contributed by atoms with Crippen molar-refractivity contribution in [3.8, 4) is 0 Å². The molecule has 1 aliphatic heterocycles. The third-order valence-electron chi connectivity index (χ3n) is 1.27. The van der Waals surface area contributed by atoms with Crippen LogP contribution >= 0.6 is 9.39 Å². The van der Waals surface area contributed by atoms with Crippen LogP contribution in [0.15, 0.2) is 0 Å². The lowest BCUT2D eigenvalue weighted by Gasteiger charge is -2.12. The van der Waals surface area contributed by atoms with Gasteiger partial charge in [-0.3, -0.25) is 0 Å². The highest BCUT2D eigenvalue weighted by atomic mass is 32.2. The predicted octanol–water partition coefficient (Wildman–Crippen LogP) is -0.295. The standard InChI is InChI=1S/C4H11N2O2PS/c1-4(2)3-6(9)10(7,8)5-4/h5H,3,9H2,1-2H3. The Balaban J connectivity index is 2.92. The van der Waals surface area contributed by atoms with E-state index in [2.05, 4.69) is 14.1 Å². The normalized spacial score (nSPS) is 30.7. The summed E-state index contributed by atoms with van der Waals surface area (Å²) in [4.78, 5) is 0. The van der Waals surface area contributed by atoms with Crippen LogP contribution in [0, 0.1) is 0 Å². The summed E-state index contributed by atoms with van der Waals surface area (Å²) >= 11 is 0. The lowest BCUT2D eigenvalue weighted by atomic mass is 10.1. The predicted molar refractivity (Wildman–Crippen MR) is 42.6 cm³/mol. The van der Waals surface area contributed by atoms with E-state index < -0.39 is 10.2 Å². The molecule has 60 valence electrons. The van der Waals surface area contributed by atoms with Gasteiger partial charge in [0.2, 0.25) is 0 Å². The summed E-state index contributed by atoms with van der Waals surface area (Å²) in [7, 11) is -1.02. The Bertz CT molecular complexity index is 236. The van der Waals surface area contributed by atoms with E-state index in [0.717, 1.165) is 0 Å². The molecule has 4 nitrogen and oxygen atoms in total. The Labute approximate surface area is 63.4 Å². The van der Waals surface area contributed by atoms with Gasteiger partial charge in [0.15, 0.2) is 0 Å². The topological polar surface area (TPSA) is 49.4 Å². The fourth-order valence-electron chi connectivity index (χ4n) is 0.915. The summed E-state index contributed by atoms with van der Waals surface area (Å²) in [5.74, 6) is 0. The molecule has 1 unspecified atom stereocenters. The zero-order valence-electron chi connectivity index (χ0n) is 5.96. The van der Waals surface area contributed by atoms with Gasteiger partial charge in [0.05, 0.1) is 0 Å². The van der Waals surface area contributed by atoms with Crippen molar-refractivity contribution in [1.29, 1.82) is 0 Å². The van der Waals surface area contributed by atoms with Gasteiger partial charge in [0.25, 0.3) is 10.2 Å². The van der Waals surface area contributed by atoms with Crippen LogP contribution in [0.3, 0.4) is 0 Å². The van der Waals surface area contributed by atoms with E-state index in [-0.39, 0.29) is 5.54 Å². The summed E-state index contributed by atoms with van der Waals surface area (Å²) < 4.78 is 25.7. The van der Waals surface area contributed by atoms with Gasteiger partial charge in [0.1, 0.15) is 0 Å². The average Bonchev–Trinajstić information content (AvgIpc) is 1.73. The molecular weight excluding hydrogens is 171 g/mol. The van der Waals surface area contributed by atoms with Gasteiger partial charge in [0, 0.05) is 12.1 Å². The van der Waals surface area contributed by atoms with E-state index in [1.165, 1.54) is 4.08 Å². The summed E-state index contributed by atoms with van der Waals surface area (Å²) in [5, 5.41) is 0. The van der Waals surface area contributed by atoms with Crippen LogP contribution < -0.4 is 4.72 Å². The summed E-state index contributed by atoms with van der Waals surface area (Å²) in [6, 6.07) is 0. The van der Waals surface area contributed by atoms with E-state index >= 15 is 0 Å².